The number of carbonyl (C=O) groups excluding carboxylic acids is 1. The lowest BCUT2D eigenvalue weighted by Gasteiger charge is -2.20. The van der Waals surface area contributed by atoms with Gasteiger partial charge in [0.05, 0.1) is 6.61 Å². The quantitative estimate of drug-likeness (QED) is 0.749. The second kappa shape index (κ2) is 6.25. The molecule has 3 N–H and O–H groups in total. The third-order valence-corrected chi connectivity index (χ3v) is 2.29. The van der Waals surface area contributed by atoms with Crippen molar-refractivity contribution in [3.05, 3.63) is 35.9 Å². The molecule has 1 rings (SSSR count). The molecule has 0 heterocycles. The highest BCUT2D eigenvalue weighted by Crippen LogP contribution is 2.12. The molecule has 0 bridgehead atoms. The van der Waals surface area contributed by atoms with Crippen molar-refractivity contribution < 1.29 is 9.53 Å². The smallest absolute Gasteiger partial charge is 0.239 e. The molecule has 0 aliphatic carbocycles. The number of hydrogen-bond acceptors (Lipinski definition) is 3. The first-order valence-electron chi connectivity index (χ1n) is 5.24. The topological polar surface area (TPSA) is 64.3 Å². The van der Waals surface area contributed by atoms with Gasteiger partial charge in [-0.25, -0.2) is 0 Å². The van der Waals surface area contributed by atoms with E-state index in [1.165, 1.54) is 0 Å². The molecule has 0 radical (unpaired) electrons. The first-order valence-corrected chi connectivity index (χ1v) is 5.24. The van der Waals surface area contributed by atoms with Gasteiger partial charge in [0.25, 0.3) is 0 Å². The predicted molar refractivity (Wildman–Crippen MR) is 62.9 cm³/mol. The maximum Gasteiger partial charge on any atom is 0.239 e. The van der Waals surface area contributed by atoms with E-state index in [0.29, 0.717) is 6.61 Å². The molecule has 0 unspecified atom stereocenters. The monoisotopic (exact) mass is 222 g/mol. The highest BCUT2D eigenvalue weighted by molar-refractivity contribution is 5.81. The molecule has 1 aromatic rings. The van der Waals surface area contributed by atoms with Crippen molar-refractivity contribution in [2.45, 2.75) is 19.0 Å². The summed E-state index contributed by atoms with van der Waals surface area (Å²) in [7, 11) is 1.62. The highest BCUT2D eigenvalue weighted by atomic mass is 16.5. The van der Waals surface area contributed by atoms with Gasteiger partial charge in [-0.15, -0.1) is 0 Å². The summed E-state index contributed by atoms with van der Waals surface area (Å²) in [5.74, 6) is -0.380. The van der Waals surface area contributed by atoms with Gasteiger partial charge >= 0.3 is 0 Å². The third kappa shape index (κ3) is 3.64. The van der Waals surface area contributed by atoms with Gasteiger partial charge in [0.2, 0.25) is 5.91 Å². The van der Waals surface area contributed by atoms with Crippen molar-refractivity contribution in [2.75, 3.05) is 13.7 Å². The Morgan fingerprint density at radius 3 is 2.56 bits per heavy atom. The Morgan fingerprint density at radius 1 is 1.44 bits per heavy atom. The van der Waals surface area contributed by atoms with Gasteiger partial charge in [0.1, 0.15) is 6.04 Å². The highest BCUT2D eigenvalue weighted by Gasteiger charge is 2.19. The third-order valence-electron chi connectivity index (χ3n) is 2.29. The van der Waals surface area contributed by atoms with Crippen molar-refractivity contribution in [1.82, 2.24) is 5.32 Å². The van der Waals surface area contributed by atoms with Crippen molar-refractivity contribution in [3.8, 4) is 0 Å². The van der Waals surface area contributed by atoms with Crippen molar-refractivity contribution >= 4 is 5.91 Å². The number of amides is 1. The molecule has 0 aliphatic heterocycles. The number of hydrogen-bond donors (Lipinski definition) is 2. The zero-order valence-electron chi connectivity index (χ0n) is 9.64. The van der Waals surface area contributed by atoms with E-state index in [2.05, 4.69) is 5.32 Å². The molecular weight excluding hydrogens is 204 g/mol. The molecule has 0 saturated heterocycles. The van der Waals surface area contributed by atoms with E-state index in [1.807, 2.05) is 37.3 Å². The van der Waals surface area contributed by atoms with Gasteiger partial charge in [-0.3, -0.25) is 10.1 Å². The van der Waals surface area contributed by atoms with Crippen LogP contribution in [0.5, 0.6) is 0 Å². The lowest BCUT2D eigenvalue weighted by atomic mass is 10.1. The minimum atomic E-state index is -0.466. The van der Waals surface area contributed by atoms with E-state index in [-0.39, 0.29) is 11.9 Å². The fourth-order valence-corrected chi connectivity index (χ4v) is 1.57. The first-order chi connectivity index (χ1) is 7.65. The van der Waals surface area contributed by atoms with Gasteiger partial charge in [0, 0.05) is 13.2 Å². The molecule has 1 amide bonds. The van der Waals surface area contributed by atoms with E-state index in [1.54, 1.807) is 7.11 Å². The van der Waals surface area contributed by atoms with Crippen LogP contribution in [0, 0.1) is 0 Å². The van der Waals surface area contributed by atoms with E-state index < -0.39 is 6.04 Å². The summed E-state index contributed by atoms with van der Waals surface area (Å²) in [6.45, 7) is 2.49. The number of benzene rings is 1. The molecule has 4 heteroatoms. The molecule has 0 aromatic heterocycles. The zero-order chi connectivity index (χ0) is 12.0. The molecule has 2 atom stereocenters. The Hall–Kier alpha value is -1.39. The normalized spacial score (nSPS) is 14.4. The van der Waals surface area contributed by atoms with Crippen LogP contribution >= 0.6 is 0 Å². The Morgan fingerprint density at radius 2 is 2.06 bits per heavy atom. The van der Waals surface area contributed by atoms with Gasteiger partial charge < -0.3 is 10.5 Å². The summed E-state index contributed by atoms with van der Waals surface area (Å²) >= 11 is 0. The first kappa shape index (κ1) is 12.7. The van der Waals surface area contributed by atoms with Crippen LogP contribution in [0.15, 0.2) is 30.3 Å². The molecule has 0 spiro atoms. The average Bonchev–Trinajstić information content (AvgIpc) is 2.27. The van der Waals surface area contributed by atoms with E-state index in [4.69, 9.17) is 10.5 Å². The van der Waals surface area contributed by atoms with Crippen molar-refractivity contribution in [2.24, 2.45) is 5.73 Å². The lowest BCUT2D eigenvalue weighted by molar-refractivity contribution is -0.120. The predicted octanol–water partition coefficient (Wildman–Crippen LogP) is 0.838. The summed E-state index contributed by atoms with van der Waals surface area (Å²) in [5.41, 5.74) is 6.24. The van der Waals surface area contributed by atoms with Crippen LogP contribution in [0.4, 0.5) is 0 Å². The Labute approximate surface area is 95.8 Å². The number of primary amides is 1. The number of ether oxygens (including phenoxy) is 1. The molecule has 16 heavy (non-hydrogen) atoms. The minimum Gasteiger partial charge on any atom is -0.383 e. The summed E-state index contributed by atoms with van der Waals surface area (Å²) in [5, 5.41) is 3.13. The number of methoxy groups -OCH3 is 1. The van der Waals surface area contributed by atoms with Crippen LogP contribution in [0.2, 0.25) is 0 Å². The second-order valence-electron chi connectivity index (χ2n) is 3.77. The van der Waals surface area contributed by atoms with E-state index in [9.17, 15) is 4.79 Å². The molecular formula is C12H18N2O2. The van der Waals surface area contributed by atoms with Crippen LogP contribution in [0.25, 0.3) is 0 Å². The number of carbonyl (C=O) groups is 1. The standard InChI is InChI=1S/C12H18N2O2/c1-9(8-16-2)14-11(12(13)15)10-6-4-3-5-7-10/h3-7,9,11,14H,8H2,1-2H3,(H2,13,15)/t9-,11+/m1/s1. The average molecular weight is 222 g/mol. The fraction of sp³-hybridized carbons (Fsp3) is 0.417. The van der Waals surface area contributed by atoms with Gasteiger partial charge in [-0.1, -0.05) is 30.3 Å². The lowest BCUT2D eigenvalue weighted by Crippen LogP contribution is -2.40. The van der Waals surface area contributed by atoms with Crippen LogP contribution in [0.1, 0.15) is 18.5 Å². The van der Waals surface area contributed by atoms with Crippen LogP contribution in [-0.4, -0.2) is 25.7 Å². The number of nitrogens with one attached hydrogen (secondary N) is 1. The van der Waals surface area contributed by atoms with Crippen molar-refractivity contribution in [1.29, 1.82) is 0 Å². The molecule has 1 aromatic carbocycles. The second-order valence-corrected chi connectivity index (χ2v) is 3.77. The number of rotatable bonds is 6. The number of nitrogens with two attached hydrogens (primary N) is 1. The largest absolute Gasteiger partial charge is 0.383 e. The van der Waals surface area contributed by atoms with Crippen LogP contribution < -0.4 is 11.1 Å². The van der Waals surface area contributed by atoms with Crippen LogP contribution in [-0.2, 0) is 9.53 Å². The molecule has 4 nitrogen and oxygen atoms in total. The summed E-state index contributed by atoms with van der Waals surface area (Å²) in [4.78, 5) is 11.4. The maximum absolute atomic E-state index is 11.4. The Kier molecular flexibility index (Phi) is 4.95. The van der Waals surface area contributed by atoms with Crippen molar-refractivity contribution in [3.63, 3.8) is 0 Å². The van der Waals surface area contributed by atoms with E-state index >= 15 is 0 Å². The van der Waals surface area contributed by atoms with Gasteiger partial charge in [0.15, 0.2) is 0 Å². The SMILES string of the molecule is COC[C@@H](C)N[C@H](C(N)=O)c1ccccc1. The van der Waals surface area contributed by atoms with Crippen LogP contribution in [0.3, 0.4) is 0 Å². The minimum absolute atomic E-state index is 0.0720. The maximum atomic E-state index is 11.4. The Balaban J connectivity index is 2.73. The molecule has 0 saturated carbocycles. The fourth-order valence-electron chi connectivity index (χ4n) is 1.57. The summed E-state index contributed by atoms with van der Waals surface area (Å²) in [6.07, 6.45) is 0. The molecule has 0 aliphatic rings. The Bertz CT molecular complexity index is 327. The van der Waals surface area contributed by atoms with Gasteiger partial charge in [-0.05, 0) is 12.5 Å². The summed E-state index contributed by atoms with van der Waals surface area (Å²) < 4.78 is 5.01. The zero-order valence-corrected chi connectivity index (χ0v) is 9.64. The molecule has 0 fully saturated rings. The molecule has 88 valence electrons. The summed E-state index contributed by atoms with van der Waals surface area (Å²) in [6, 6.07) is 9.03. The van der Waals surface area contributed by atoms with Gasteiger partial charge in [-0.2, -0.15) is 0 Å². The van der Waals surface area contributed by atoms with E-state index in [0.717, 1.165) is 5.56 Å².